The summed E-state index contributed by atoms with van der Waals surface area (Å²) in [5, 5.41) is 25.8. The number of tetrazole rings is 1. The van der Waals surface area contributed by atoms with Crippen molar-refractivity contribution >= 4 is 5.69 Å². The lowest BCUT2D eigenvalue weighted by molar-refractivity contribution is -0.385. The van der Waals surface area contributed by atoms with Crippen LogP contribution in [-0.2, 0) is 6.54 Å². The van der Waals surface area contributed by atoms with Crippen LogP contribution in [0.5, 0.6) is 0 Å². The van der Waals surface area contributed by atoms with Gasteiger partial charge in [-0.15, -0.1) is 5.10 Å². The molecule has 0 unspecified atom stereocenters. The fourth-order valence-electron chi connectivity index (χ4n) is 2.01. The summed E-state index contributed by atoms with van der Waals surface area (Å²) in [5.74, 6) is 1.15. The van der Waals surface area contributed by atoms with E-state index in [9.17, 15) is 10.1 Å². The molecule has 1 aromatic heterocycles. The molecular formula is C13H18N6O2. The topological polar surface area (TPSA) is 98.8 Å². The Labute approximate surface area is 122 Å². The van der Waals surface area contributed by atoms with E-state index in [1.54, 1.807) is 19.1 Å². The third-order valence-corrected chi connectivity index (χ3v) is 3.07. The first-order chi connectivity index (χ1) is 10.0. The van der Waals surface area contributed by atoms with Gasteiger partial charge in [0.25, 0.3) is 5.69 Å². The predicted molar refractivity (Wildman–Crippen MR) is 77.1 cm³/mol. The van der Waals surface area contributed by atoms with Gasteiger partial charge in [-0.1, -0.05) is 19.9 Å². The van der Waals surface area contributed by atoms with Gasteiger partial charge < -0.3 is 5.32 Å². The van der Waals surface area contributed by atoms with Crippen LogP contribution in [0.4, 0.5) is 5.69 Å². The number of nitro groups is 1. The van der Waals surface area contributed by atoms with Crippen molar-refractivity contribution in [3.63, 3.8) is 0 Å². The SMILES string of the molecule is Cc1c(-n2nnnc2CNCC(C)C)cccc1[N+](=O)[O-]. The molecule has 0 fully saturated rings. The molecule has 0 saturated carbocycles. The van der Waals surface area contributed by atoms with Gasteiger partial charge >= 0.3 is 0 Å². The highest BCUT2D eigenvalue weighted by Gasteiger charge is 2.17. The highest BCUT2D eigenvalue weighted by atomic mass is 16.6. The Bertz CT molecular complexity index is 637. The van der Waals surface area contributed by atoms with Crippen molar-refractivity contribution in [2.45, 2.75) is 27.3 Å². The van der Waals surface area contributed by atoms with Gasteiger partial charge in [0.2, 0.25) is 0 Å². The lowest BCUT2D eigenvalue weighted by atomic mass is 10.1. The minimum absolute atomic E-state index is 0.0593. The zero-order valence-corrected chi connectivity index (χ0v) is 12.3. The summed E-state index contributed by atoms with van der Waals surface area (Å²) >= 11 is 0. The number of nitro benzene ring substituents is 1. The van der Waals surface area contributed by atoms with Crippen molar-refractivity contribution in [2.75, 3.05) is 6.54 Å². The number of aromatic nitrogens is 4. The quantitative estimate of drug-likeness (QED) is 0.641. The van der Waals surface area contributed by atoms with Gasteiger partial charge in [0.15, 0.2) is 5.82 Å². The smallest absolute Gasteiger partial charge is 0.274 e. The first-order valence-corrected chi connectivity index (χ1v) is 6.73. The Balaban J connectivity index is 2.29. The third-order valence-electron chi connectivity index (χ3n) is 3.07. The molecule has 0 atom stereocenters. The Kier molecular flexibility index (Phi) is 4.59. The number of hydrogen-bond acceptors (Lipinski definition) is 6. The number of nitrogens with one attached hydrogen (secondary N) is 1. The molecule has 0 bridgehead atoms. The Morgan fingerprint density at radius 1 is 1.43 bits per heavy atom. The molecule has 1 heterocycles. The Hall–Kier alpha value is -2.35. The maximum atomic E-state index is 11.0. The van der Waals surface area contributed by atoms with Gasteiger partial charge in [-0.05, 0) is 35.9 Å². The zero-order chi connectivity index (χ0) is 15.4. The lowest BCUT2D eigenvalue weighted by Crippen LogP contribution is -2.21. The molecule has 0 aliphatic carbocycles. The molecule has 21 heavy (non-hydrogen) atoms. The maximum absolute atomic E-state index is 11.0. The summed E-state index contributed by atoms with van der Waals surface area (Å²) in [4.78, 5) is 10.6. The molecule has 1 aromatic carbocycles. The molecule has 0 radical (unpaired) electrons. The first kappa shape index (κ1) is 15.0. The summed E-state index contributed by atoms with van der Waals surface area (Å²) < 4.78 is 1.54. The van der Waals surface area contributed by atoms with Crippen LogP contribution in [-0.4, -0.2) is 31.7 Å². The van der Waals surface area contributed by atoms with Crippen molar-refractivity contribution in [3.8, 4) is 5.69 Å². The summed E-state index contributed by atoms with van der Waals surface area (Å²) in [7, 11) is 0. The fourth-order valence-corrected chi connectivity index (χ4v) is 2.01. The van der Waals surface area contributed by atoms with Crippen molar-refractivity contribution in [1.82, 2.24) is 25.5 Å². The summed E-state index contributed by atoms with van der Waals surface area (Å²) in [6.07, 6.45) is 0. The van der Waals surface area contributed by atoms with Crippen LogP contribution in [0.15, 0.2) is 18.2 Å². The molecule has 8 heteroatoms. The van der Waals surface area contributed by atoms with E-state index in [0.717, 1.165) is 6.54 Å². The van der Waals surface area contributed by atoms with E-state index < -0.39 is 4.92 Å². The minimum atomic E-state index is -0.403. The predicted octanol–water partition coefficient (Wildman–Crippen LogP) is 1.62. The molecule has 0 spiro atoms. The standard InChI is InChI=1S/C13H18N6O2/c1-9(2)7-14-8-13-15-16-17-18(13)11-5-4-6-12(10(11)3)19(20)21/h4-6,9,14H,7-8H2,1-3H3. The van der Waals surface area contributed by atoms with Gasteiger partial charge in [0.05, 0.1) is 22.7 Å². The molecular weight excluding hydrogens is 272 g/mol. The molecule has 8 nitrogen and oxygen atoms in total. The van der Waals surface area contributed by atoms with Gasteiger partial charge in [0.1, 0.15) is 0 Å². The third kappa shape index (κ3) is 3.40. The second-order valence-electron chi connectivity index (χ2n) is 5.21. The summed E-state index contributed by atoms with van der Waals surface area (Å²) in [6, 6.07) is 4.87. The summed E-state index contributed by atoms with van der Waals surface area (Å²) in [6.45, 7) is 7.27. The first-order valence-electron chi connectivity index (χ1n) is 6.73. The fraction of sp³-hybridized carbons (Fsp3) is 0.462. The van der Waals surface area contributed by atoms with E-state index in [0.29, 0.717) is 29.5 Å². The van der Waals surface area contributed by atoms with Crippen LogP contribution >= 0.6 is 0 Å². The van der Waals surface area contributed by atoms with Crippen LogP contribution in [0.2, 0.25) is 0 Å². The molecule has 0 aliphatic heterocycles. The largest absolute Gasteiger partial charge is 0.310 e. The van der Waals surface area contributed by atoms with E-state index in [4.69, 9.17) is 0 Å². The zero-order valence-electron chi connectivity index (χ0n) is 12.3. The van der Waals surface area contributed by atoms with Crippen LogP contribution < -0.4 is 5.32 Å². The highest BCUT2D eigenvalue weighted by molar-refractivity contribution is 5.52. The molecule has 1 N–H and O–H groups in total. The van der Waals surface area contributed by atoms with Crippen LogP contribution in [0.3, 0.4) is 0 Å². The van der Waals surface area contributed by atoms with Crippen LogP contribution in [0, 0.1) is 23.0 Å². The molecule has 0 aliphatic rings. The van der Waals surface area contributed by atoms with Crippen molar-refractivity contribution in [1.29, 1.82) is 0 Å². The van der Waals surface area contributed by atoms with Crippen LogP contribution in [0.25, 0.3) is 5.69 Å². The number of hydrogen-bond donors (Lipinski definition) is 1. The average molecular weight is 290 g/mol. The van der Waals surface area contributed by atoms with E-state index in [2.05, 4.69) is 34.7 Å². The molecule has 2 aromatic rings. The van der Waals surface area contributed by atoms with E-state index in [-0.39, 0.29) is 5.69 Å². The van der Waals surface area contributed by atoms with E-state index in [1.807, 2.05) is 0 Å². The second-order valence-corrected chi connectivity index (χ2v) is 5.21. The van der Waals surface area contributed by atoms with Crippen molar-refractivity contribution in [2.24, 2.45) is 5.92 Å². The molecule has 2 rings (SSSR count). The molecule has 112 valence electrons. The van der Waals surface area contributed by atoms with Crippen molar-refractivity contribution in [3.05, 3.63) is 39.7 Å². The number of benzene rings is 1. The number of rotatable bonds is 6. The molecule has 0 saturated heterocycles. The summed E-state index contributed by atoms with van der Waals surface area (Å²) in [5.41, 5.74) is 1.22. The Morgan fingerprint density at radius 3 is 2.86 bits per heavy atom. The van der Waals surface area contributed by atoms with Gasteiger partial charge in [-0.2, -0.15) is 4.68 Å². The van der Waals surface area contributed by atoms with Gasteiger partial charge in [0, 0.05) is 6.07 Å². The minimum Gasteiger partial charge on any atom is -0.310 e. The number of nitrogens with zero attached hydrogens (tertiary/aromatic N) is 5. The average Bonchev–Trinajstić information content (AvgIpc) is 2.86. The maximum Gasteiger partial charge on any atom is 0.274 e. The van der Waals surface area contributed by atoms with E-state index >= 15 is 0 Å². The van der Waals surface area contributed by atoms with Crippen molar-refractivity contribution < 1.29 is 4.92 Å². The van der Waals surface area contributed by atoms with E-state index in [1.165, 1.54) is 10.7 Å². The van der Waals surface area contributed by atoms with Crippen LogP contribution in [0.1, 0.15) is 25.2 Å². The second kappa shape index (κ2) is 6.40. The monoisotopic (exact) mass is 290 g/mol. The molecule has 0 amide bonds. The normalized spacial score (nSPS) is 11.0. The van der Waals surface area contributed by atoms with Gasteiger partial charge in [-0.25, -0.2) is 0 Å². The highest BCUT2D eigenvalue weighted by Crippen LogP contribution is 2.23. The Morgan fingerprint density at radius 2 is 2.19 bits per heavy atom. The lowest BCUT2D eigenvalue weighted by Gasteiger charge is -2.09. The van der Waals surface area contributed by atoms with Gasteiger partial charge in [-0.3, -0.25) is 10.1 Å².